The van der Waals surface area contributed by atoms with Crippen molar-refractivity contribution in [2.75, 3.05) is 32.9 Å². The van der Waals surface area contributed by atoms with E-state index in [1.54, 1.807) is 0 Å². The van der Waals surface area contributed by atoms with Crippen molar-refractivity contribution in [3.63, 3.8) is 0 Å². The molecule has 21 heavy (non-hydrogen) atoms. The van der Waals surface area contributed by atoms with Crippen LogP contribution in [0.3, 0.4) is 0 Å². The second kappa shape index (κ2) is 6.29. The molecule has 0 saturated heterocycles. The van der Waals surface area contributed by atoms with Crippen LogP contribution in [0.4, 0.5) is 10.1 Å². The molecule has 0 amide bonds. The van der Waals surface area contributed by atoms with Gasteiger partial charge in [-0.25, -0.2) is 17.5 Å². The van der Waals surface area contributed by atoms with Crippen molar-refractivity contribution in [3.8, 4) is 0 Å². The minimum absolute atomic E-state index is 0.0143. The highest BCUT2D eigenvalue weighted by Crippen LogP contribution is 2.22. The van der Waals surface area contributed by atoms with Crippen LogP contribution in [0.25, 0.3) is 0 Å². The van der Waals surface area contributed by atoms with Crippen molar-refractivity contribution in [1.82, 2.24) is 9.62 Å². The van der Waals surface area contributed by atoms with Gasteiger partial charge in [-0.2, -0.15) is 0 Å². The molecule has 0 saturated carbocycles. The molecule has 0 aliphatic heterocycles. The lowest BCUT2D eigenvalue weighted by Crippen LogP contribution is -2.40. The maximum Gasteiger partial charge on any atom is 0.240 e. The van der Waals surface area contributed by atoms with Crippen LogP contribution in [0.2, 0.25) is 0 Å². The first-order valence-corrected chi connectivity index (χ1v) is 8.13. The summed E-state index contributed by atoms with van der Waals surface area (Å²) in [6, 6.07) is 2.43. The Labute approximate surface area is 126 Å². The lowest BCUT2D eigenvalue weighted by atomic mass is 9.93. The lowest BCUT2D eigenvalue weighted by molar-refractivity contribution is 0.242. The topological polar surface area (TPSA) is 75.4 Å². The number of nitrogens with two attached hydrogens (primary N) is 1. The van der Waals surface area contributed by atoms with E-state index in [1.165, 1.54) is 13.0 Å². The average Bonchev–Trinajstić information content (AvgIpc) is 2.31. The number of nitrogen functional groups attached to an aromatic ring is 1. The summed E-state index contributed by atoms with van der Waals surface area (Å²) in [4.78, 5) is 1.98. The van der Waals surface area contributed by atoms with Crippen LogP contribution < -0.4 is 10.5 Å². The Morgan fingerprint density at radius 2 is 1.90 bits per heavy atom. The number of nitrogens with one attached hydrogen (secondary N) is 1. The Kier molecular flexibility index (Phi) is 5.35. The quantitative estimate of drug-likeness (QED) is 0.781. The van der Waals surface area contributed by atoms with E-state index in [1.807, 2.05) is 32.8 Å². The van der Waals surface area contributed by atoms with E-state index in [0.717, 1.165) is 12.6 Å². The highest BCUT2D eigenvalue weighted by atomic mass is 32.2. The van der Waals surface area contributed by atoms with Gasteiger partial charge in [-0.05, 0) is 44.1 Å². The van der Waals surface area contributed by atoms with E-state index >= 15 is 0 Å². The fraction of sp³-hybridized carbons (Fsp3) is 0.571. The van der Waals surface area contributed by atoms with Crippen molar-refractivity contribution in [2.45, 2.75) is 25.7 Å². The van der Waals surface area contributed by atoms with Gasteiger partial charge in [0.2, 0.25) is 10.0 Å². The van der Waals surface area contributed by atoms with E-state index in [2.05, 4.69) is 4.72 Å². The smallest absolute Gasteiger partial charge is 0.240 e. The maximum atomic E-state index is 13.5. The zero-order chi connectivity index (χ0) is 16.4. The molecule has 0 fully saturated rings. The summed E-state index contributed by atoms with van der Waals surface area (Å²) in [5, 5.41) is 0. The third kappa shape index (κ3) is 4.94. The molecule has 0 aliphatic rings. The molecule has 0 radical (unpaired) electrons. The first kappa shape index (κ1) is 17.9. The normalized spacial score (nSPS) is 12.9. The molecular formula is C14H24FN3O2S. The Balaban J connectivity index is 2.93. The molecule has 0 aromatic heterocycles. The van der Waals surface area contributed by atoms with Crippen molar-refractivity contribution in [2.24, 2.45) is 5.41 Å². The summed E-state index contributed by atoms with van der Waals surface area (Å²) in [5.41, 5.74) is 5.31. The minimum atomic E-state index is -3.71. The molecule has 1 rings (SSSR count). The predicted molar refractivity (Wildman–Crippen MR) is 83.1 cm³/mol. The third-order valence-corrected chi connectivity index (χ3v) is 4.43. The van der Waals surface area contributed by atoms with Gasteiger partial charge in [0.1, 0.15) is 5.82 Å². The summed E-state index contributed by atoms with van der Waals surface area (Å²) in [7, 11) is 0.155. The Bertz CT molecular complexity index is 590. The highest BCUT2D eigenvalue weighted by Gasteiger charge is 2.24. The molecule has 5 nitrogen and oxygen atoms in total. The Morgan fingerprint density at radius 3 is 2.38 bits per heavy atom. The SMILES string of the molecule is Cc1cc(S(=O)(=O)NCC(C)(C)CN(C)C)cc(N)c1F. The van der Waals surface area contributed by atoms with Crippen LogP contribution in [0.1, 0.15) is 19.4 Å². The molecule has 0 heterocycles. The average molecular weight is 317 g/mol. The standard InChI is InChI=1S/C14H24FN3O2S/c1-10-6-11(7-12(16)13(10)15)21(19,20)17-8-14(2,3)9-18(4)5/h6-7,17H,8-9,16H2,1-5H3. The molecule has 3 N–H and O–H groups in total. The van der Waals surface area contributed by atoms with Gasteiger partial charge in [0.25, 0.3) is 0 Å². The van der Waals surface area contributed by atoms with E-state index in [-0.39, 0.29) is 28.1 Å². The number of sulfonamides is 1. The number of anilines is 1. The first-order valence-electron chi connectivity index (χ1n) is 6.65. The van der Waals surface area contributed by atoms with E-state index in [9.17, 15) is 12.8 Å². The van der Waals surface area contributed by atoms with Crippen LogP contribution in [0.15, 0.2) is 17.0 Å². The number of hydrogen-bond acceptors (Lipinski definition) is 4. The predicted octanol–water partition coefficient (Wildman–Crippen LogP) is 1.58. The highest BCUT2D eigenvalue weighted by molar-refractivity contribution is 7.89. The third-order valence-electron chi connectivity index (χ3n) is 3.05. The molecule has 0 unspecified atom stereocenters. The summed E-state index contributed by atoms with van der Waals surface area (Å²) in [5.74, 6) is -0.582. The molecule has 0 spiro atoms. The second-order valence-corrected chi connectivity index (χ2v) is 8.14. The van der Waals surface area contributed by atoms with Gasteiger partial charge in [-0.1, -0.05) is 13.8 Å². The van der Waals surface area contributed by atoms with E-state index in [4.69, 9.17) is 5.73 Å². The number of aryl methyl sites for hydroxylation is 1. The van der Waals surface area contributed by atoms with Crippen LogP contribution in [-0.2, 0) is 10.0 Å². The molecule has 0 aliphatic carbocycles. The summed E-state index contributed by atoms with van der Waals surface area (Å²) in [6.45, 7) is 6.45. The number of nitrogens with zero attached hydrogens (tertiary/aromatic N) is 1. The maximum absolute atomic E-state index is 13.5. The number of hydrogen-bond donors (Lipinski definition) is 2. The largest absolute Gasteiger partial charge is 0.396 e. The Hall–Kier alpha value is -1.18. The van der Waals surface area contributed by atoms with Gasteiger partial charge in [-0.15, -0.1) is 0 Å². The summed E-state index contributed by atoms with van der Waals surface area (Å²) >= 11 is 0. The van der Waals surface area contributed by atoms with Crippen LogP contribution in [0, 0.1) is 18.2 Å². The van der Waals surface area contributed by atoms with Gasteiger partial charge in [0.05, 0.1) is 10.6 Å². The number of halogens is 1. The molecule has 120 valence electrons. The Morgan fingerprint density at radius 1 is 1.33 bits per heavy atom. The van der Waals surface area contributed by atoms with Gasteiger partial charge < -0.3 is 10.6 Å². The molecule has 0 bridgehead atoms. The summed E-state index contributed by atoms with van der Waals surface area (Å²) < 4.78 is 40.6. The molecule has 1 aromatic rings. The van der Waals surface area contributed by atoms with Gasteiger partial charge in [0, 0.05) is 13.1 Å². The fourth-order valence-corrected chi connectivity index (χ4v) is 3.57. The lowest BCUT2D eigenvalue weighted by Gasteiger charge is -2.28. The van der Waals surface area contributed by atoms with Gasteiger partial charge >= 0.3 is 0 Å². The van der Waals surface area contributed by atoms with Crippen molar-refractivity contribution in [1.29, 1.82) is 0 Å². The van der Waals surface area contributed by atoms with Crippen LogP contribution in [-0.4, -0.2) is 40.5 Å². The minimum Gasteiger partial charge on any atom is -0.396 e. The zero-order valence-corrected chi connectivity index (χ0v) is 14.0. The molecule has 0 atom stereocenters. The van der Waals surface area contributed by atoms with Crippen molar-refractivity contribution >= 4 is 15.7 Å². The molecule has 1 aromatic carbocycles. The van der Waals surface area contributed by atoms with Crippen molar-refractivity contribution < 1.29 is 12.8 Å². The monoisotopic (exact) mass is 317 g/mol. The van der Waals surface area contributed by atoms with E-state index in [0.29, 0.717) is 0 Å². The summed E-state index contributed by atoms with van der Waals surface area (Å²) in [6.07, 6.45) is 0. The zero-order valence-electron chi connectivity index (χ0n) is 13.2. The number of benzene rings is 1. The molecule has 7 heteroatoms. The van der Waals surface area contributed by atoms with Crippen molar-refractivity contribution in [3.05, 3.63) is 23.5 Å². The fourth-order valence-electron chi connectivity index (χ4n) is 2.20. The second-order valence-electron chi connectivity index (χ2n) is 6.37. The van der Waals surface area contributed by atoms with E-state index < -0.39 is 15.8 Å². The van der Waals surface area contributed by atoms with Gasteiger partial charge in [0.15, 0.2) is 0 Å². The van der Waals surface area contributed by atoms with Crippen LogP contribution in [0.5, 0.6) is 0 Å². The van der Waals surface area contributed by atoms with Crippen LogP contribution >= 0.6 is 0 Å². The van der Waals surface area contributed by atoms with Gasteiger partial charge in [-0.3, -0.25) is 0 Å². The first-order chi connectivity index (χ1) is 9.44. The molecular weight excluding hydrogens is 293 g/mol. The number of rotatable bonds is 6.